The number of rotatable bonds is 1. The van der Waals surface area contributed by atoms with Crippen LogP contribution in [0.5, 0.6) is 0 Å². The Balaban J connectivity index is -0.0000000275. The average Bonchev–Trinajstić information content (AvgIpc) is 2.08. The normalized spacial score (nSPS) is 11.7. The topological polar surface area (TPSA) is 167 Å². The first-order valence-corrected chi connectivity index (χ1v) is 3.65. The molecule has 0 aliphatic carbocycles. The first-order chi connectivity index (χ1) is 5.64. The molecule has 0 spiro atoms. The number of carboxylic acid groups (broad SMARTS) is 1. The Morgan fingerprint density at radius 2 is 1.24 bits per heavy atom. The van der Waals surface area contributed by atoms with E-state index in [1.807, 2.05) is 0 Å². The van der Waals surface area contributed by atoms with Crippen LogP contribution in [0.1, 0.15) is 0 Å². The number of carboxylic acids is 1. The Morgan fingerprint density at radius 1 is 1.06 bits per heavy atom. The van der Waals surface area contributed by atoms with Gasteiger partial charge in [0.1, 0.15) is 0 Å². The molecule has 8 nitrogen and oxygen atoms in total. The second-order valence-corrected chi connectivity index (χ2v) is 2.21. The molecular weight excluding hydrogens is 385 g/mol. The van der Waals surface area contributed by atoms with Crippen molar-refractivity contribution in [1.29, 1.82) is 0 Å². The van der Waals surface area contributed by atoms with Gasteiger partial charge in [-0.05, 0) is 0 Å². The van der Waals surface area contributed by atoms with E-state index in [-0.39, 0.29) is 62.8 Å². The quantitative estimate of drug-likeness (QED) is 0.239. The van der Waals surface area contributed by atoms with Crippen molar-refractivity contribution in [2.45, 2.75) is 6.29 Å². The summed E-state index contributed by atoms with van der Waals surface area (Å²) < 4.78 is 0. The number of hydrogen-bond acceptors (Lipinski definition) is 5. The van der Waals surface area contributed by atoms with Gasteiger partial charge in [0.2, 0.25) is 0 Å². The van der Waals surface area contributed by atoms with E-state index in [1.54, 1.807) is 0 Å². The number of carbonyl (C=O) groups is 1. The van der Waals surface area contributed by atoms with Crippen LogP contribution < -0.4 is 10.6 Å². The van der Waals surface area contributed by atoms with E-state index in [9.17, 15) is 4.79 Å². The molecule has 0 amide bonds. The van der Waals surface area contributed by atoms with Crippen molar-refractivity contribution in [2.75, 3.05) is 26.2 Å². The maximum absolute atomic E-state index is 9.20. The maximum atomic E-state index is 9.20. The van der Waals surface area contributed by atoms with Crippen LogP contribution in [0.3, 0.4) is 0 Å². The zero-order chi connectivity index (χ0) is 9.40. The third-order valence-electron chi connectivity index (χ3n) is 1.18. The standard InChI is InChI=1S/C4H10N2.C2H4O4.3Cu.H2N.H2O/c1-2-6-4-3-5-1;3-1(4)2(5)6;;;;;/h5-6H,1-4H2;1,3-4H,(H,5,6);;;;2*1H2/q;;;+1;+2;-1;. The summed E-state index contributed by atoms with van der Waals surface area (Å²) in [5.41, 5.74) is 0. The van der Waals surface area contributed by atoms with Gasteiger partial charge in [0.15, 0.2) is 0 Å². The summed E-state index contributed by atoms with van der Waals surface area (Å²) in [5, 5.41) is 29.1. The van der Waals surface area contributed by atoms with Gasteiger partial charge in [-0.2, -0.15) is 0 Å². The molecule has 0 unspecified atom stereocenters. The third-order valence-corrected chi connectivity index (χ3v) is 1.18. The Hall–Kier alpha value is 0.788. The van der Waals surface area contributed by atoms with Gasteiger partial charge in [-0.3, -0.25) is 0 Å². The molecule has 2 radical (unpaired) electrons. The Labute approximate surface area is 132 Å². The molecule has 118 valence electrons. The predicted octanol–water partition coefficient (Wildman–Crippen LogP) is -2.55. The summed E-state index contributed by atoms with van der Waals surface area (Å²) in [4.78, 5) is 9.20. The first-order valence-electron chi connectivity index (χ1n) is 3.65. The predicted molar refractivity (Wildman–Crippen MR) is 50.5 cm³/mol. The minimum Gasteiger partial charge on any atom is -0.693 e. The summed E-state index contributed by atoms with van der Waals surface area (Å²) in [6, 6.07) is 0. The van der Waals surface area contributed by atoms with Gasteiger partial charge in [-0.15, -0.1) is 0 Å². The Kier molecular flexibility index (Phi) is 54.3. The van der Waals surface area contributed by atoms with Crippen LogP contribution in [0.25, 0.3) is 6.15 Å². The monoisotopic (exact) mass is 401 g/mol. The van der Waals surface area contributed by atoms with Gasteiger partial charge >= 0.3 is 40.1 Å². The summed E-state index contributed by atoms with van der Waals surface area (Å²) >= 11 is 0. The molecule has 1 aliphatic rings. The number of nitrogens with one attached hydrogen (secondary N) is 2. The van der Waals surface area contributed by atoms with E-state index in [4.69, 9.17) is 15.3 Å². The number of aliphatic hydroxyl groups excluding tert-OH is 1. The number of piperazine rings is 1. The van der Waals surface area contributed by atoms with Crippen molar-refractivity contribution >= 4 is 5.97 Å². The van der Waals surface area contributed by atoms with Gasteiger partial charge in [0.05, 0.1) is 0 Å². The van der Waals surface area contributed by atoms with Gasteiger partial charge in [0, 0.05) is 43.2 Å². The van der Waals surface area contributed by atoms with E-state index in [0.717, 1.165) is 26.2 Å². The van der Waals surface area contributed by atoms with E-state index in [0.29, 0.717) is 0 Å². The van der Waals surface area contributed by atoms with Gasteiger partial charge in [0.25, 0.3) is 6.29 Å². The molecule has 0 saturated carbocycles. The van der Waals surface area contributed by atoms with Crippen LogP contribution in [-0.2, 0) is 56.0 Å². The number of aliphatic carboxylic acids is 1. The smallest absolute Gasteiger partial charge is 0.693 e. The first kappa shape index (κ1) is 36.1. The fourth-order valence-corrected chi connectivity index (χ4v) is 0.604. The van der Waals surface area contributed by atoms with E-state index < -0.39 is 12.3 Å². The Bertz CT molecular complexity index is 129. The van der Waals surface area contributed by atoms with E-state index in [1.165, 1.54) is 0 Å². The van der Waals surface area contributed by atoms with Crippen molar-refractivity contribution in [3.05, 3.63) is 6.15 Å². The molecule has 1 fully saturated rings. The third kappa shape index (κ3) is 31.5. The van der Waals surface area contributed by atoms with Crippen LogP contribution in [0.4, 0.5) is 0 Å². The van der Waals surface area contributed by atoms with Crippen LogP contribution >= 0.6 is 0 Å². The molecular formula is C6H18Cu3N3O5+2. The van der Waals surface area contributed by atoms with Crippen molar-refractivity contribution in [3.63, 3.8) is 0 Å². The SMILES string of the molecule is C1CNCCN1.O.O=C(O)C(O)O.[Cu+2].[Cu+].[Cu].[NH2-]. The summed E-state index contributed by atoms with van der Waals surface area (Å²) in [6.07, 6.45) is -2.23. The summed E-state index contributed by atoms with van der Waals surface area (Å²) in [5.74, 6) is -1.63. The molecule has 0 aromatic rings. The number of aliphatic hydroxyl groups is 2. The molecule has 9 N–H and O–H groups in total. The summed E-state index contributed by atoms with van der Waals surface area (Å²) in [7, 11) is 0. The number of hydrogen-bond donors (Lipinski definition) is 5. The van der Waals surface area contributed by atoms with E-state index >= 15 is 0 Å². The molecule has 0 bridgehead atoms. The van der Waals surface area contributed by atoms with Crippen LogP contribution in [0, 0.1) is 0 Å². The fourth-order valence-electron chi connectivity index (χ4n) is 0.604. The van der Waals surface area contributed by atoms with Crippen molar-refractivity contribution in [2.24, 2.45) is 0 Å². The van der Waals surface area contributed by atoms with Crippen molar-refractivity contribution in [3.8, 4) is 0 Å². The molecule has 1 aliphatic heterocycles. The molecule has 11 heteroatoms. The minimum absolute atomic E-state index is 0. The van der Waals surface area contributed by atoms with Crippen LogP contribution in [-0.4, -0.2) is 59.2 Å². The second-order valence-electron chi connectivity index (χ2n) is 2.21. The number of nitrogens with two attached hydrogens (primary N) is 1. The minimum atomic E-state index is -2.23. The fraction of sp³-hybridized carbons (Fsp3) is 0.833. The Morgan fingerprint density at radius 3 is 1.29 bits per heavy atom. The summed E-state index contributed by atoms with van der Waals surface area (Å²) in [6.45, 7) is 4.56. The molecule has 17 heavy (non-hydrogen) atoms. The van der Waals surface area contributed by atoms with Crippen LogP contribution in [0.2, 0.25) is 0 Å². The van der Waals surface area contributed by atoms with Crippen molar-refractivity contribution < 1.29 is 76.8 Å². The molecule has 0 atom stereocenters. The molecule has 1 heterocycles. The van der Waals surface area contributed by atoms with Crippen LogP contribution in [0.15, 0.2) is 0 Å². The molecule has 1 rings (SSSR count). The molecule has 0 aromatic carbocycles. The average molecular weight is 403 g/mol. The zero-order valence-corrected chi connectivity index (χ0v) is 11.5. The van der Waals surface area contributed by atoms with Crippen molar-refractivity contribution in [1.82, 2.24) is 10.6 Å². The van der Waals surface area contributed by atoms with Gasteiger partial charge < -0.3 is 37.6 Å². The van der Waals surface area contributed by atoms with Gasteiger partial charge in [-0.1, -0.05) is 0 Å². The second kappa shape index (κ2) is 25.6. The zero-order valence-electron chi connectivity index (χ0n) is 8.64. The molecule has 1 saturated heterocycles. The maximum Gasteiger partial charge on any atom is 2.00 e. The largest absolute Gasteiger partial charge is 2.00 e. The molecule has 0 aromatic heterocycles. The van der Waals surface area contributed by atoms with E-state index in [2.05, 4.69) is 10.6 Å². The van der Waals surface area contributed by atoms with Gasteiger partial charge in [-0.25, -0.2) is 4.79 Å².